The van der Waals surface area contributed by atoms with E-state index in [-0.39, 0.29) is 6.10 Å². The molecule has 6 nitrogen and oxygen atoms in total. The minimum Gasteiger partial charge on any atom is -0.464 e. The van der Waals surface area contributed by atoms with E-state index in [1.165, 1.54) is 13.3 Å². The Morgan fingerprint density at radius 2 is 2.33 bits per heavy atom. The van der Waals surface area contributed by atoms with Crippen LogP contribution in [0.3, 0.4) is 0 Å². The van der Waals surface area contributed by atoms with E-state index >= 15 is 0 Å². The Bertz CT molecular complexity index is 382. The van der Waals surface area contributed by atoms with Crippen molar-refractivity contribution in [3.63, 3.8) is 0 Å². The molecule has 82 valence electrons. The molecule has 0 unspecified atom stereocenters. The quantitative estimate of drug-likeness (QED) is 0.661. The Balaban J connectivity index is 2.20. The van der Waals surface area contributed by atoms with Gasteiger partial charge >= 0.3 is 5.97 Å². The molecular weight excluding hydrogens is 198 g/mol. The predicted molar refractivity (Wildman–Crippen MR) is 52.8 cm³/mol. The molecule has 1 aromatic rings. The van der Waals surface area contributed by atoms with Crippen molar-refractivity contribution < 1.29 is 14.6 Å². The Morgan fingerprint density at radius 1 is 1.67 bits per heavy atom. The van der Waals surface area contributed by atoms with Crippen LogP contribution in [0.5, 0.6) is 0 Å². The molecule has 0 saturated carbocycles. The van der Waals surface area contributed by atoms with Crippen molar-refractivity contribution >= 4 is 11.9 Å². The number of methoxy groups -OCH3 is 1. The van der Waals surface area contributed by atoms with Gasteiger partial charge in [-0.25, -0.2) is 9.78 Å². The smallest absolute Gasteiger partial charge is 0.356 e. The van der Waals surface area contributed by atoms with Gasteiger partial charge in [0.2, 0.25) is 5.95 Å². The maximum absolute atomic E-state index is 11.3. The minimum atomic E-state index is -0.405. The first-order chi connectivity index (χ1) is 7.13. The summed E-state index contributed by atoms with van der Waals surface area (Å²) in [4.78, 5) is 17.3. The van der Waals surface area contributed by atoms with Gasteiger partial charge < -0.3 is 19.3 Å². The lowest BCUT2D eigenvalue weighted by molar-refractivity contribution is 0.0590. The molecule has 1 aliphatic rings. The largest absolute Gasteiger partial charge is 0.464 e. The van der Waals surface area contributed by atoms with Crippen LogP contribution in [-0.4, -0.2) is 46.9 Å². The van der Waals surface area contributed by atoms with E-state index in [2.05, 4.69) is 9.72 Å². The van der Waals surface area contributed by atoms with Crippen LogP contribution in [0.2, 0.25) is 0 Å². The second-order valence-corrected chi connectivity index (χ2v) is 3.55. The molecule has 0 atom stereocenters. The zero-order chi connectivity index (χ0) is 11.0. The van der Waals surface area contributed by atoms with Crippen molar-refractivity contribution in [1.29, 1.82) is 0 Å². The number of aliphatic hydroxyl groups is 1. The third kappa shape index (κ3) is 1.56. The predicted octanol–water partition coefficient (Wildman–Crippen LogP) is -0.612. The first kappa shape index (κ1) is 9.97. The van der Waals surface area contributed by atoms with Crippen molar-refractivity contribution in [2.45, 2.75) is 6.10 Å². The molecule has 1 N–H and O–H groups in total. The molecule has 2 heterocycles. The number of hydrogen-bond donors (Lipinski definition) is 1. The van der Waals surface area contributed by atoms with E-state index < -0.39 is 5.97 Å². The molecule has 2 rings (SSSR count). The second kappa shape index (κ2) is 3.54. The van der Waals surface area contributed by atoms with Gasteiger partial charge in [0.15, 0.2) is 0 Å². The highest BCUT2D eigenvalue weighted by Crippen LogP contribution is 2.20. The Kier molecular flexibility index (Phi) is 2.36. The molecule has 1 aromatic heterocycles. The van der Waals surface area contributed by atoms with Crippen LogP contribution in [-0.2, 0) is 11.8 Å². The van der Waals surface area contributed by atoms with Crippen LogP contribution in [0.15, 0.2) is 6.20 Å². The summed E-state index contributed by atoms with van der Waals surface area (Å²) in [5, 5.41) is 9.16. The zero-order valence-electron chi connectivity index (χ0n) is 8.67. The van der Waals surface area contributed by atoms with Gasteiger partial charge in [-0.1, -0.05) is 0 Å². The van der Waals surface area contributed by atoms with Crippen molar-refractivity contribution in [1.82, 2.24) is 9.55 Å². The van der Waals surface area contributed by atoms with E-state index in [1.54, 1.807) is 11.6 Å². The number of carbonyl (C=O) groups is 1. The first-order valence-electron chi connectivity index (χ1n) is 4.66. The van der Waals surface area contributed by atoms with E-state index in [0.717, 1.165) is 0 Å². The number of β-amino-alcohol motifs (C(OH)–C–C–N with tert-alkyl or cyclic N) is 1. The number of esters is 1. The summed E-state index contributed by atoms with van der Waals surface area (Å²) >= 11 is 0. The SMILES string of the molecule is COC(=O)c1cnc(N2CC(O)C2)n1C. The van der Waals surface area contributed by atoms with Crippen LogP contribution < -0.4 is 4.90 Å². The summed E-state index contributed by atoms with van der Waals surface area (Å²) in [7, 11) is 3.09. The molecule has 0 spiro atoms. The number of nitrogens with zero attached hydrogens (tertiary/aromatic N) is 3. The topological polar surface area (TPSA) is 67.6 Å². The van der Waals surface area contributed by atoms with E-state index in [9.17, 15) is 4.79 Å². The highest BCUT2D eigenvalue weighted by atomic mass is 16.5. The number of anilines is 1. The molecule has 0 aromatic carbocycles. The van der Waals surface area contributed by atoms with Crippen LogP contribution in [0.4, 0.5) is 5.95 Å². The molecule has 0 aliphatic carbocycles. The number of ether oxygens (including phenoxy) is 1. The van der Waals surface area contributed by atoms with E-state index in [4.69, 9.17) is 5.11 Å². The molecule has 1 saturated heterocycles. The number of carbonyl (C=O) groups excluding carboxylic acids is 1. The highest BCUT2D eigenvalue weighted by molar-refractivity contribution is 5.87. The first-order valence-corrected chi connectivity index (χ1v) is 4.66. The lowest BCUT2D eigenvalue weighted by atomic mass is 10.2. The average molecular weight is 211 g/mol. The number of rotatable bonds is 2. The van der Waals surface area contributed by atoms with E-state index in [0.29, 0.717) is 24.7 Å². The minimum absolute atomic E-state index is 0.289. The van der Waals surface area contributed by atoms with Crippen LogP contribution in [0.25, 0.3) is 0 Å². The summed E-state index contributed by atoms with van der Waals surface area (Å²) in [5.41, 5.74) is 0.411. The summed E-state index contributed by atoms with van der Waals surface area (Å²) in [6.45, 7) is 1.12. The maximum Gasteiger partial charge on any atom is 0.356 e. The van der Waals surface area contributed by atoms with Gasteiger partial charge in [-0.2, -0.15) is 0 Å². The van der Waals surface area contributed by atoms with Crippen LogP contribution in [0.1, 0.15) is 10.5 Å². The fourth-order valence-corrected chi connectivity index (χ4v) is 1.61. The number of aromatic nitrogens is 2. The van der Waals surface area contributed by atoms with Crippen molar-refractivity contribution in [2.75, 3.05) is 25.1 Å². The average Bonchev–Trinajstić information content (AvgIpc) is 2.54. The second-order valence-electron chi connectivity index (χ2n) is 3.55. The molecule has 0 bridgehead atoms. The van der Waals surface area contributed by atoms with Gasteiger partial charge in [-0.05, 0) is 0 Å². The van der Waals surface area contributed by atoms with Crippen molar-refractivity contribution in [3.8, 4) is 0 Å². The fraction of sp³-hybridized carbons (Fsp3) is 0.556. The Morgan fingerprint density at radius 3 is 2.87 bits per heavy atom. The van der Waals surface area contributed by atoms with Gasteiger partial charge in [0.25, 0.3) is 0 Å². The normalized spacial score (nSPS) is 16.3. The number of hydrogen-bond acceptors (Lipinski definition) is 5. The summed E-state index contributed by atoms with van der Waals surface area (Å²) < 4.78 is 6.28. The van der Waals surface area contributed by atoms with E-state index in [1.807, 2.05) is 4.90 Å². The van der Waals surface area contributed by atoms with Gasteiger partial charge in [0.1, 0.15) is 5.69 Å². The summed E-state index contributed by atoms with van der Waals surface area (Å²) in [6.07, 6.45) is 1.19. The van der Waals surface area contributed by atoms with Crippen LogP contribution in [0, 0.1) is 0 Å². The number of aliphatic hydroxyl groups excluding tert-OH is 1. The third-order valence-electron chi connectivity index (χ3n) is 2.50. The molecule has 1 aliphatic heterocycles. The maximum atomic E-state index is 11.3. The monoisotopic (exact) mass is 211 g/mol. The Labute approximate surface area is 87.1 Å². The third-order valence-corrected chi connectivity index (χ3v) is 2.50. The van der Waals surface area contributed by atoms with Crippen LogP contribution >= 0.6 is 0 Å². The standard InChI is InChI=1S/C9H13N3O3/c1-11-7(8(14)15-2)3-10-9(11)12-4-6(13)5-12/h3,6,13H,4-5H2,1-2H3. The molecule has 0 radical (unpaired) electrons. The lowest BCUT2D eigenvalue weighted by Crippen LogP contribution is -2.51. The molecule has 6 heteroatoms. The van der Waals surface area contributed by atoms with Crippen molar-refractivity contribution in [2.24, 2.45) is 7.05 Å². The molecule has 0 amide bonds. The highest BCUT2D eigenvalue weighted by Gasteiger charge is 2.28. The summed E-state index contributed by atoms with van der Waals surface area (Å²) in [5.74, 6) is 0.276. The zero-order valence-corrected chi connectivity index (χ0v) is 8.67. The fourth-order valence-electron chi connectivity index (χ4n) is 1.61. The van der Waals surface area contributed by atoms with Gasteiger partial charge in [-0.3, -0.25) is 0 Å². The molecule has 15 heavy (non-hydrogen) atoms. The lowest BCUT2D eigenvalue weighted by Gasteiger charge is -2.36. The molecular formula is C9H13N3O3. The van der Waals surface area contributed by atoms with Gasteiger partial charge in [0.05, 0.1) is 19.4 Å². The van der Waals surface area contributed by atoms with Crippen molar-refractivity contribution in [3.05, 3.63) is 11.9 Å². The number of imidazole rings is 1. The Hall–Kier alpha value is -1.56. The summed E-state index contributed by atoms with van der Waals surface area (Å²) in [6, 6.07) is 0. The molecule has 1 fully saturated rings. The van der Waals surface area contributed by atoms with Gasteiger partial charge in [0, 0.05) is 20.1 Å². The van der Waals surface area contributed by atoms with Gasteiger partial charge in [-0.15, -0.1) is 0 Å².